The van der Waals surface area contributed by atoms with Gasteiger partial charge in [0.05, 0.1) is 12.0 Å². The minimum Gasteiger partial charge on any atom is -0.497 e. The van der Waals surface area contributed by atoms with Gasteiger partial charge in [0.1, 0.15) is 5.75 Å². The largest absolute Gasteiger partial charge is 0.497 e. The highest BCUT2D eigenvalue weighted by molar-refractivity contribution is 7.89. The van der Waals surface area contributed by atoms with Gasteiger partial charge in [-0.2, -0.15) is 4.31 Å². The van der Waals surface area contributed by atoms with Gasteiger partial charge in [0, 0.05) is 51.7 Å². The Morgan fingerprint density at radius 3 is 2.00 bits per heavy atom. The molecule has 164 valence electrons. The number of aryl methyl sites for hydroxylation is 1. The lowest BCUT2D eigenvalue weighted by molar-refractivity contribution is -0.159. The van der Waals surface area contributed by atoms with Gasteiger partial charge in [-0.25, -0.2) is 18.0 Å². The van der Waals surface area contributed by atoms with Crippen LogP contribution in [0.1, 0.15) is 5.69 Å². The molecule has 3 rings (SSSR count). The summed E-state index contributed by atoms with van der Waals surface area (Å²) >= 11 is 0. The van der Waals surface area contributed by atoms with Crippen LogP contribution in [0.15, 0.2) is 47.5 Å². The van der Waals surface area contributed by atoms with Crippen LogP contribution in [0.4, 0.5) is 0 Å². The van der Waals surface area contributed by atoms with Gasteiger partial charge in [-0.15, -0.1) is 0 Å². The van der Waals surface area contributed by atoms with Gasteiger partial charge in [0.25, 0.3) is 0 Å². The van der Waals surface area contributed by atoms with Gasteiger partial charge in [0.2, 0.25) is 10.0 Å². The molecule has 1 aromatic carbocycles. The molecular formula is C19H25N3O7S. The van der Waals surface area contributed by atoms with Crippen LogP contribution in [-0.4, -0.2) is 77.6 Å². The number of aliphatic carboxylic acids is 2. The van der Waals surface area contributed by atoms with Crippen LogP contribution >= 0.6 is 0 Å². The monoisotopic (exact) mass is 439 g/mol. The lowest BCUT2D eigenvalue weighted by Crippen LogP contribution is -2.48. The maximum absolute atomic E-state index is 12.7. The van der Waals surface area contributed by atoms with Crippen LogP contribution < -0.4 is 4.74 Å². The Morgan fingerprint density at radius 2 is 1.57 bits per heavy atom. The molecule has 30 heavy (non-hydrogen) atoms. The summed E-state index contributed by atoms with van der Waals surface area (Å²) in [6.07, 6.45) is 2.03. The molecular weight excluding hydrogens is 414 g/mol. The minimum atomic E-state index is -3.43. The average molecular weight is 439 g/mol. The average Bonchev–Trinajstić information content (AvgIpc) is 3.13. The number of hydrogen-bond acceptors (Lipinski definition) is 6. The van der Waals surface area contributed by atoms with Crippen molar-refractivity contribution in [2.24, 2.45) is 7.05 Å². The summed E-state index contributed by atoms with van der Waals surface area (Å²) < 4.78 is 34.2. The van der Waals surface area contributed by atoms with Crippen LogP contribution in [0.2, 0.25) is 0 Å². The van der Waals surface area contributed by atoms with Gasteiger partial charge in [-0.3, -0.25) is 4.90 Å². The molecule has 1 aliphatic heterocycles. The number of methoxy groups -OCH3 is 1. The Balaban J connectivity index is 0.000000469. The van der Waals surface area contributed by atoms with E-state index >= 15 is 0 Å². The number of ether oxygens (including phenoxy) is 1. The summed E-state index contributed by atoms with van der Waals surface area (Å²) in [4.78, 5) is 20.8. The Bertz CT molecular complexity index is 950. The molecule has 2 heterocycles. The van der Waals surface area contributed by atoms with Crippen molar-refractivity contribution in [3.05, 3.63) is 48.3 Å². The van der Waals surface area contributed by atoms with Crippen molar-refractivity contribution in [2.45, 2.75) is 11.4 Å². The quantitative estimate of drug-likeness (QED) is 0.651. The van der Waals surface area contributed by atoms with E-state index in [0.29, 0.717) is 23.7 Å². The molecule has 11 heteroatoms. The molecule has 1 aromatic heterocycles. The first kappa shape index (κ1) is 23.4. The summed E-state index contributed by atoms with van der Waals surface area (Å²) in [5.41, 5.74) is 1.24. The normalized spacial score (nSPS) is 15.1. The molecule has 0 radical (unpaired) electrons. The first-order valence-electron chi connectivity index (χ1n) is 9.08. The molecule has 1 fully saturated rings. The summed E-state index contributed by atoms with van der Waals surface area (Å²) in [5, 5.41) is 14.8. The fraction of sp³-hybridized carbons (Fsp3) is 0.368. The SMILES string of the molecule is COc1ccc(S(=O)(=O)N2CCN(Cc3cccn3C)CC2)cc1.O=C(O)C(=O)O. The molecule has 0 amide bonds. The number of aromatic nitrogens is 1. The van der Waals surface area contributed by atoms with Gasteiger partial charge in [-0.1, -0.05) is 0 Å². The minimum absolute atomic E-state index is 0.319. The van der Waals surface area contributed by atoms with Crippen molar-refractivity contribution >= 4 is 22.0 Å². The molecule has 1 aliphatic rings. The number of carboxylic acid groups (broad SMARTS) is 2. The summed E-state index contributed by atoms with van der Waals surface area (Å²) in [5.74, 6) is -2.99. The van der Waals surface area contributed by atoms with E-state index in [1.807, 2.05) is 19.3 Å². The van der Waals surface area contributed by atoms with Crippen LogP contribution in [-0.2, 0) is 33.2 Å². The second-order valence-electron chi connectivity index (χ2n) is 6.58. The third-order valence-corrected chi connectivity index (χ3v) is 6.56. The Kier molecular flexibility index (Phi) is 7.98. The predicted octanol–water partition coefficient (Wildman–Crippen LogP) is 0.696. The van der Waals surface area contributed by atoms with E-state index in [0.717, 1.165) is 19.6 Å². The lowest BCUT2D eigenvalue weighted by atomic mass is 10.3. The maximum atomic E-state index is 12.7. The molecule has 10 nitrogen and oxygen atoms in total. The van der Waals surface area contributed by atoms with Crippen molar-refractivity contribution in [1.29, 1.82) is 0 Å². The van der Waals surface area contributed by atoms with Gasteiger partial charge in [0.15, 0.2) is 0 Å². The zero-order valence-corrected chi connectivity index (χ0v) is 17.6. The van der Waals surface area contributed by atoms with E-state index < -0.39 is 22.0 Å². The summed E-state index contributed by atoms with van der Waals surface area (Å²) in [6, 6.07) is 10.7. The summed E-state index contributed by atoms with van der Waals surface area (Å²) in [7, 11) is 0.158. The number of benzene rings is 1. The fourth-order valence-corrected chi connectivity index (χ4v) is 4.34. The van der Waals surface area contributed by atoms with E-state index in [-0.39, 0.29) is 0 Å². The smallest absolute Gasteiger partial charge is 0.414 e. The van der Waals surface area contributed by atoms with Gasteiger partial charge < -0.3 is 19.5 Å². The molecule has 2 N–H and O–H groups in total. The second kappa shape index (κ2) is 10.2. The number of carbonyl (C=O) groups is 2. The molecule has 0 saturated carbocycles. The number of sulfonamides is 1. The fourth-order valence-electron chi connectivity index (χ4n) is 2.91. The Labute approximate surface area is 174 Å². The van der Waals surface area contributed by atoms with E-state index in [1.54, 1.807) is 35.7 Å². The van der Waals surface area contributed by atoms with Gasteiger partial charge >= 0.3 is 11.9 Å². The van der Waals surface area contributed by atoms with Crippen LogP contribution in [0.3, 0.4) is 0 Å². The topological polar surface area (TPSA) is 129 Å². The van der Waals surface area contributed by atoms with Crippen molar-refractivity contribution < 1.29 is 33.0 Å². The van der Waals surface area contributed by atoms with E-state index in [1.165, 1.54) is 5.69 Å². The number of rotatable bonds is 5. The van der Waals surface area contributed by atoms with Crippen LogP contribution in [0.5, 0.6) is 5.75 Å². The third kappa shape index (κ3) is 6.05. The molecule has 0 unspecified atom stereocenters. The first-order chi connectivity index (χ1) is 14.1. The highest BCUT2D eigenvalue weighted by Gasteiger charge is 2.28. The first-order valence-corrected chi connectivity index (χ1v) is 10.5. The van der Waals surface area contributed by atoms with E-state index in [9.17, 15) is 8.42 Å². The lowest BCUT2D eigenvalue weighted by Gasteiger charge is -2.34. The number of carboxylic acids is 2. The Morgan fingerprint density at radius 1 is 1.00 bits per heavy atom. The molecule has 0 atom stereocenters. The van der Waals surface area contributed by atoms with Crippen molar-refractivity contribution in [3.63, 3.8) is 0 Å². The molecule has 2 aromatic rings. The molecule has 0 aliphatic carbocycles. The third-order valence-electron chi connectivity index (χ3n) is 4.65. The predicted molar refractivity (Wildman–Crippen MR) is 108 cm³/mol. The van der Waals surface area contributed by atoms with Crippen molar-refractivity contribution in [2.75, 3.05) is 33.3 Å². The molecule has 0 spiro atoms. The highest BCUT2D eigenvalue weighted by Crippen LogP contribution is 2.21. The maximum Gasteiger partial charge on any atom is 0.414 e. The van der Waals surface area contributed by atoms with E-state index in [4.69, 9.17) is 24.5 Å². The van der Waals surface area contributed by atoms with Crippen molar-refractivity contribution in [1.82, 2.24) is 13.8 Å². The number of piperazine rings is 1. The van der Waals surface area contributed by atoms with Gasteiger partial charge in [-0.05, 0) is 36.4 Å². The zero-order chi connectivity index (χ0) is 22.3. The standard InChI is InChI=1S/C17H23N3O3S.C2H2O4/c1-18-9-3-4-15(18)14-19-10-12-20(13-11-19)24(21,22)17-7-5-16(23-2)6-8-17;3-1(4)2(5)6/h3-9H,10-14H2,1-2H3;(H,3,4)(H,5,6). The highest BCUT2D eigenvalue weighted by atomic mass is 32.2. The molecule has 0 bridgehead atoms. The molecule has 1 saturated heterocycles. The van der Waals surface area contributed by atoms with Crippen LogP contribution in [0, 0.1) is 0 Å². The van der Waals surface area contributed by atoms with Crippen molar-refractivity contribution in [3.8, 4) is 5.75 Å². The number of nitrogens with zero attached hydrogens (tertiary/aromatic N) is 3. The second-order valence-corrected chi connectivity index (χ2v) is 8.51. The Hall–Kier alpha value is -2.89. The zero-order valence-electron chi connectivity index (χ0n) is 16.8. The summed E-state index contributed by atoms with van der Waals surface area (Å²) in [6.45, 7) is 3.35. The van der Waals surface area contributed by atoms with Crippen LogP contribution in [0.25, 0.3) is 0 Å². The van der Waals surface area contributed by atoms with E-state index in [2.05, 4.69) is 15.5 Å². The number of hydrogen-bond donors (Lipinski definition) is 2.